The Morgan fingerprint density at radius 2 is 1.70 bits per heavy atom. The van der Waals surface area contributed by atoms with Crippen LogP contribution in [-0.2, 0) is 14.2 Å². The van der Waals surface area contributed by atoms with E-state index in [-0.39, 0.29) is 40.3 Å². The molecule has 4 aliphatic rings. The number of ether oxygens (including phenoxy) is 6. The van der Waals surface area contributed by atoms with E-state index >= 15 is 0 Å². The third-order valence-corrected chi connectivity index (χ3v) is 6.43. The van der Waals surface area contributed by atoms with E-state index < -0.39 is 43.4 Å². The lowest BCUT2D eigenvalue weighted by Crippen LogP contribution is -2.59. The third kappa shape index (κ3) is 4.18. The number of allylic oxidation sites excluding steroid dienone is 2. The van der Waals surface area contributed by atoms with Gasteiger partial charge in [-0.15, -0.1) is 0 Å². The molecule has 12 heteroatoms. The Morgan fingerprint density at radius 3 is 2.35 bits per heavy atom. The molecule has 37 heavy (non-hydrogen) atoms. The fourth-order valence-electron chi connectivity index (χ4n) is 4.53. The van der Waals surface area contributed by atoms with E-state index in [1.807, 2.05) is 0 Å². The lowest BCUT2D eigenvalue weighted by molar-refractivity contribution is -0.290. The molecule has 0 spiro atoms. The summed E-state index contributed by atoms with van der Waals surface area (Å²) in [6.45, 7) is -0.634. The van der Waals surface area contributed by atoms with Crippen LogP contribution in [0.2, 0.25) is 0 Å². The van der Waals surface area contributed by atoms with Crippen LogP contribution in [0.3, 0.4) is 0 Å². The molecule has 5 rings (SSSR count). The molecule has 7 N–H and O–H groups in total. The summed E-state index contributed by atoms with van der Waals surface area (Å²) < 4.78 is 32.8. The van der Waals surface area contributed by atoms with Crippen LogP contribution in [0.25, 0.3) is 5.76 Å². The molecule has 0 amide bonds. The fraction of sp³-hybridized carbons (Fsp3) is 0.360. The van der Waals surface area contributed by atoms with Crippen LogP contribution in [0, 0.1) is 0 Å². The molecule has 3 aliphatic heterocycles. The van der Waals surface area contributed by atoms with Gasteiger partial charge >= 0.3 is 0 Å². The van der Waals surface area contributed by atoms with Crippen molar-refractivity contribution in [1.29, 1.82) is 0 Å². The van der Waals surface area contributed by atoms with Gasteiger partial charge in [0.05, 0.1) is 26.9 Å². The summed E-state index contributed by atoms with van der Waals surface area (Å²) in [6, 6.07) is 2.95. The van der Waals surface area contributed by atoms with Gasteiger partial charge in [-0.05, 0) is 12.1 Å². The van der Waals surface area contributed by atoms with Crippen molar-refractivity contribution in [1.82, 2.24) is 0 Å². The maximum absolute atomic E-state index is 10.6. The van der Waals surface area contributed by atoms with Crippen LogP contribution in [0.5, 0.6) is 17.2 Å². The SMILES string of the molecule is COc1cc(C2=C(OC3OC(CO)C(O)C(O)C3O)C3=C4C(=CC(O)=CC4[OH+]C=C3)O2)cc(OC)c1O. The Kier molecular flexibility index (Phi) is 6.52. The van der Waals surface area contributed by atoms with Gasteiger partial charge in [0.1, 0.15) is 41.5 Å². The second-order valence-electron chi connectivity index (χ2n) is 8.64. The number of rotatable bonds is 6. The van der Waals surface area contributed by atoms with Gasteiger partial charge < -0.3 is 59.1 Å². The Balaban J connectivity index is 1.67. The summed E-state index contributed by atoms with van der Waals surface area (Å²) >= 11 is 0. The van der Waals surface area contributed by atoms with Crippen LogP contribution in [-0.4, -0.2) is 93.0 Å². The van der Waals surface area contributed by atoms with Gasteiger partial charge in [0.2, 0.25) is 24.4 Å². The highest BCUT2D eigenvalue weighted by molar-refractivity contribution is 5.76. The van der Waals surface area contributed by atoms with Crippen molar-refractivity contribution in [2.45, 2.75) is 36.8 Å². The Hall–Kier alpha value is -3.68. The molecule has 1 aromatic carbocycles. The molecule has 0 aromatic heterocycles. The quantitative estimate of drug-likeness (QED) is 0.278. The molecule has 0 bridgehead atoms. The molecule has 12 nitrogen and oxygen atoms in total. The highest BCUT2D eigenvalue weighted by Crippen LogP contribution is 2.47. The number of hydrogen-bond donors (Lipinski definition) is 6. The predicted octanol–water partition coefficient (Wildman–Crippen LogP) is -0.0154. The minimum Gasteiger partial charge on any atom is -0.579 e. The van der Waals surface area contributed by atoms with Crippen LogP contribution < -0.4 is 9.47 Å². The highest BCUT2D eigenvalue weighted by Gasteiger charge is 2.47. The normalized spacial score (nSPS) is 30.5. The average Bonchev–Trinajstić information content (AvgIpc) is 2.90. The number of aliphatic hydroxyl groups is 7. The predicted molar refractivity (Wildman–Crippen MR) is 125 cm³/mol. The molecular formula is C25H27O12+. The van der Waals surface area contributed by atoms with Gasteiger partial charge in [0.25, 0.3) is 0 Å². The largest absolute Gasteiger partial charge is 0.579 e. The van der Waals surface area contributed by atoms with Crippen LogP contribution >= 0.6 is 0 Å². The van der Waals surface area contributed by atoms with Gasteiger partial charge in [0, 0.05) is 23.3 Å². The number of benzene rings is 1. The van der Waals surface area contributed by atoms with Gasteiger partial charge in [-0.25, -0.2) is 0 Å². The first-order valence-corrected chi connectivity index (χ1v) is 11.4. The number of methoxy groups -OCH3 is 2. The van der Waals surface area contributed by atoms with Gasteiger partial charge in [-0.3, -0.25) is 0 Å². The van der Waals surface area contributed by atoms with E-state index in [9.17, 15) is 30.6 Å². The van der Waals surface area contributed by atoms with Crippen molar-refractivity contribution < 1.29 is 59.1 Å². The third-order valence-electron chi connectivity index (χ3n) is 6.43. The average molecular weight is 519 g/mol. The molecule has 0 radical (unpaired) electrons. The minimum atomic E-state index is -1.68. The maximum Gasteiger partial charge on any atom is 0.236 e. The number of aliphatic hydroxyl groups excluding tert-OH is 5. The first-order chi connectivity index (χ1) is 17.8. The van der Waals surface area contributed by atoms with E-state index in [1.54, 1.807) is 6.08 Å². The molecule has 6 atom stereocenters. The lowest BCUT2D eigenvalue weighted by Gasteiger charge is -2.41. The number of aromatic hydroxyl groups is 1. The van der Waals surface area contributed by atoms with Crippen LogP contribution in [0.4, 0.5) is 0 Å². The smallest absolute Gasteiger partial charge is 0.236 e. The number of hydrogen-bond acceptors (Lipinski definition) is 11. The number of phenols is 1. The first-order valence-electron chi connectivity index (χ1n) is 11.4. The molecule has 0 saturated carbocycles. The molecule has 1 saturated heterocycles. The second-order valence-corrected chi connectivity index (χ2v) is 8.64. The van der Waals surface area contributed by atoms with Crippen molar-refractivity contribution in [2.75, 3.05) is 20.8 Å². The van der Waals surface area contributed by atoms with Gasteiger partial charge in [-0.1, -0.05) is 0 Å². The van der Waals surface area contributed by atoms with Crippen molar-refractivity contribution in [2.24, 2.45) is 0 Å². The molecule has 1 fully saturated rings. The van der Waals surface area contributed by atoms with Crippen LogP contribution in [0.1, 0.15) is 5.56 Å². The van der Waals surface area contributed by atoms with Gasteiger partial charge in [0.15, 0.2) is 23.0 Å². The summed E-state index contributed by atoms with van der Waals surface area (Å²) in [6.07, 6.45) is -2.09. The number of phenolic OH excluding ortho intramolecular Hbond substituents is 1. The second kappa shape index (κ2) is 9.65. The minimum absolute atomic E-state index is 0.0549. The van der Waals surface area contributed by atoms with E-state index in [0.717, 1.165) is 0 Å². The monoisotopic (exact) mass is 519 g/mol. The van der Waals surface area contributed by atoms with Crippen molar-refractivity contribution >= 4 is 5.76 Å². The summed E-state index contributed by atoms with van der Waals surface area (Å²) in [5, 5.41) is 61.3. The van der Waals surface area contributed by atoms with E-state index in [2.05, 4.69) is 4.74 Å². The molecular weight excluding hydrogens is 492 g/mol. The molecule has 6 unspecified atom stereocenters. The summed E-state index contributed by atoms with van der Waals surface area (Å²) in [4.78, 5) is 0. The van der Waals surface area contributed by atoms with E-state index in [0.29, 0.717) is 16.7 Å². The molecule has 1 aromatic rings. The zero-order chi connectivity index (χ0) is 26.4. The summed E-state index contributed by atoms with van der Waals surface area (Å²) in [5.74, 6) is 0.289. The molecule has 3 heterocycles. The first kappa shape index (κ1) is 25.0. The highest BCUT2D eigenvalue weighted by atomic mass is 16.7. The van der Waals surface area contributed by atoms with Gasteiger partial charge in [-0.2, -0.15) is 0 Å². The fourth-order valence-corrected chi connectivity index (χ4v) is 4.53. The molecule has 198 valence electrons. The molecule has 1 aliphatic carbocycles. The maximum atomic E-state index is 10.6. The lowest BCUT2D eigenvalue weighted by atomic mass is 9.90. The van der Waals surface area contributed by atoms with Crippen molar-refractivity contribution in [3.8, 4) is 17.2 Å². The van der Waals surface area contributed by atoms with Crippen molar-refractivity contribution in [3.05, 3.63) is 70.6 Å². The zero-order valence-corrected chi connectivity index (χ0v) is 19.8. The Labute approximate surface area is 210 Å². The Morgan fingerprint density at radius 1 is 1.00 bits per heavy atom. The standard InChI is InChI=1S/C25H26O12/c1-32-15-5-10(6-16(33-2)19(15)28)23-24(37-25-22(31)21(30)20(29)17(9-26)36-25)12-3-4-34-13-7-11(27)8-14(35-23)18(12)13/h3-8,13,17,20-22,25-31H,9H2,1-2H3/p+1. The topological polar surface area (TPSA) is 180 Å². The van der Waals surface area contributed by atoms with E-state index in [4.69, 9.17) is 23.7 Å². The summed E-state index contributed by atoms with van der Waals surface area (Å²) in [7, 11) is 2.73. The zero-order valence-electron chi connectivity index (χ0n) is 19.8. The summed E-state index contributed by atoms with van der Waals surface area (Å²) in [5.41, 5.74) is 1.39. The van der Waals surface area contributed by atoms with Crippen molar-refractivity contribution in [3.63, 3.8) is 0 Å². The van der Waals surface area contributed by atoms with Crippen LogP contribution in [0.15, 0.2) is 65.0 Å². The Bertz CT molecular complexity index is 1220. The van der Waals surface area contributed by atoms with E-state index in [1.165, 1.54) is 44.8 Å².